The molecule has 7 nitrogen and oxygen atoms in total. The molecule has 0 unspecified atom stereocenters. The summed E-state index contributed by atoms with van der Waals surface area (Å²) in [6.45, 7) is 8.54. The van der Waals surface area contributed by atoms with Gasteiger partial charge in [-0.3, -0.25) is 9.69 Å². The van der Waals surface area contributed by atoms with Crippen LogP contribution in [0.15, 0.2) is 0 Å². The third-order valence-electron chi connectivity index (χ3n) is 2.78. The summed E-state index contributed by atoms with van der Waals surface area (Å²) in [5.74, 6) is -0.966. The van der Waals surface area contributed by atoms with Gasteiger partial charge in [0.05, 0.1) is 13.2 Å². The number of rotatable bonds is 3. The van der Waals surface area contributed by atoms with E-state index in [2.05, 4.69) is 0 Å². The molecule has 0 aromatic carbocycles. The van der Waals surface area contributed by atoms with E-state index in [1.54, 1.807) is 27.7 Å². The maximum absolute atomic E-state index is 12.2. The van der Waals surface area contributed by atoms with E-state index in [-0.39, 0.29) is 19.6 Å². The molecular formula is C14H23NO6. The Kier molecular flexibility index (Phi) is 5.57. The molecule has 2 atom stereocenters. The highest BCUT2D eigenvalue weighted by atomic mass is 16.6. The molecule has 0 aliphatic carbocycles. The number of carbonyl (C=O) groups is 3. The van der Waals surface area contributed by atoms with E-state index in [0.717, 1.165) is 0 Å². The summed E-state index contributed by atoms with van der Waals surface area (Å²) in [4.78, 5) is 36.4. The Hall–Kier alpha value is -1.79. The summed E-state index contributed by atoms with van der Waals surface area (Å²) in [7, 11) is 0. The third-order valence-corrected chi connectivity index (χ3v) is 2.78. The fourth-order valence-electron chi connectivity index (χ4n) is 2.10. The van der Waals surface area contributed by atoms with E-state index in [4.69, 9.17) is 14.2 Å². The first-order valence-corrected chi connectivity index (χ1v) is 6.97. The van der Waals surface area contributed by atoms with Crippen LogP contribution >= 0.6 is 0 Å². The van der Waals surface area contributed by atoms with Crippen LogP contribution in [-0.4, -0.2) is 53.8 Å². The highest BCUT2D eigenvalue weighted by Crippen LogP contribution is 2.24. The van der Waals surface area contributed by atoms with Gasteiger partial charge < -0.3 is 14.2 Å². The van der Waals surface area contributed by atoms with Crippen LogP contribution in [0.1, 0.15) is 41.0 Å². The molecule has 1 aliphatic rings. The Balaban J connectivity index is 2.82. The van der Waals surface area contributed by atoms with Crippen molar-refractivity contribution in [2.45, 2.75) is 58.8 Å². The van der Waals surface area contributed by atoms with Crippen molar-refractivity contribution >= 4 is 18.0 Å². The number of hydrogen-bond acceptors (Lipinski definition) is 6. The molecule has 0 radical (unpaired) electrons. The average Bonchev–Trinajstić information content (AvgIpc) is 2.70. The SMILES string of the molecule is CCOC(=O)[C@@H]1C[C@H](OC(C)=O)CN1C(=O)OC(C)(C)C. The Bertz CT molecular complexity index is 414. The normalized spacial score (nSPS) is 21.9. The molecule has 1 aliphatic heterocycles. The van der Waals surface area contributed by atoms with Gasteiger partial charge in [-0.05, 0) is 27.7 Å². The van der Waals surface area contributed by atoms with Gasteiger partial charge in [-0.15, -0.1) is 0 Å². The topological polar surface area (TPSA) is 82.1 Å². The summed E-state index contributed by atoms with van der Waals surface area (Å²) in [6.07, 6.45) is -0.919. The molecule has 0 spiro atoms. The number of likely N-dealkylation sites (tertiary alicyclic amines) is 1. The summed E-state index contributed by atoms with van der Waals surface area (Å²) in [5, 5.41) is 0. The van der Waals surface area contributed by atoms with Crippen LogP contribution in [0.25, 0.3) is 0 Å². The van der Waals surface area contributed by atoms with Crippen LogP contribution < -0.4 is 0 Å². The molecule has 0 bridgehead atoms. The second-order valence-corrected chi connectivity index (χ2v) is 5.87. The maximum atomic E-state index is 12.2. The van der Waals surface area contributed by atoms with Crippen molar-refractivity contribution in [1.29, 1.82) is 0 Å². The highest BCUT2D eigenvalue weighted by molar-refractivity contribution is 5.82. The monoisotopic (exact) mass is 301 g/mol. The zero-order valence-corrected chi connectivity index (χ0v) is 13.2. The second kappa shape index (κ2) is 6.78. The van der Waals surface area contributed by atoms with Crippen molar-refractivity contribution in [3.8, 4) is 0 Å². The molecule has 1 saturated heterocycles. The van der Waals surface area contributed by atoms with Crippen LogP contribution in [0.4, 0.5) is 4.79 Å². The predicted molar refractivity (Wildman–Crippen MR) is 73.5 cm³/mol. The van der Waals surface area contributed by atoms with E-state index >= 15 is 0 Å². The molecule has 1 rings (SSSR count). The van der Waals surface area contributed by atoms with Gasteiger partial charge in [-0.2, -0.15) is 0 Å². The standard InChI is InChI=1S/C14H23NO6/c1-6-19-12(17)11-7-10(20-9(2)16)8-15(11)13(18)21-14(3,4)5/h10-11H,6-8H2,1-5H3/t10-,11-/m0/s1. The Morgan fingerprint density at radius 2 is 1.86 bits per heavy atom. The molecule has 0 saturated carbocycles. The largest absolute Gasteiger partial charge is 0.464 e. The van der Waals surface area contributed by atoms with Gasteiger partial charge >= 0.3 is 18.0 Å². The van der Waals surface area contributed by atoms with E-state index in [9.17, 15) is 14.4 Å². The number of carbonyl (C=O) groups excluding carboxylic acids is 3. The fourth-order valence-corrected chi connectivity index (χ4v) is 2.10. The van der Waals surface area contributed by atoms with Crippen LogP contribution in [0, 0.1) is 0 Å². The summed E-state index contributed by atoms with van der Waals surface area (Å²) in [5.41, 5.74) is -0.671. The van der Waals surface area contributed by atoms with Gasteiger partial charge in [0.15, 0.2) is 0 Å². The van der Waals surface area contributed by atoms with E-state index in [1.165, 1.54) is 11.8 Å². The number of nitrogens with zero attached hydrogens (tertiary/aromatic N) is 1. The first kappa shape index (κ1) is 17.3. The molecule has 1 amide bonds. The Morgan fingerprint density at radius 1 is 1.24 bits per heavy atom. The maximum Gasteiger partial charge on any atom is 0.411 e. The van der Waals surface area contributed by atoms with E-state index in [0.29, 0.717) is 0 Å². The van der Waals surface area contributed by atoms with Crippen molar-refractivity contribution < 1.29 is 28.6 Å². The van der Waals surface area contributed by atoms with E-state index in [1.807, 2.05) is 0 Å². The number of esters is 2. The molecule has 7 heteroatoms. The van der Waals surface area contributed by atoms with Crippen molar-refractivity contribution in [2.75, 3.05) is 13.2 Å². The zero-order valence-electron chi connectivity index (χ0n) is 13.2. The average molecular weight is 301 g/mol. The molecule has 21 heavy (non-hydrogen) atoms. The second-order valence-electron chi connectivity index (χ2n) is 5.87. The molecule has 120 valence electrons. The van der Waals surface area contributed by atoms with Crippen molar-refractivity contribution in [3.63, 3.8) is 0 Å². The number of ether oxygens (including phenoxy) is 3. The Labute approximate surface area is 124 Å². The quantitative estimate of drug-likeness (QED) is 0.580. The lowest BCUT2D eigenvalue weighted by Crippen LogP contribution is -2.44. The van der Waals surface area contributed by atoms with Gasteiger partial charge in [0.1, 0.15) is 17.7 Å². The van der Waals surface area contributed by atoms with Gasteiger partial charge in [0.25, 0.3) is 0 Å². The number of hydrogen-bond donors (Lipinski definition) is 0. The van der Waals surface area contributed by atoms with Crippen LogP contribution in [0.3, 0.4) is 0 Å². The van der Waals surface area contributed by atoms with Crippen LogP contribution in [0.2, 0.25) is 0 Å². The Morgan fingerprint density at radius 3 is 2.33 bits per heavy atom. The molecule has 1 fully saturated rings. The molecule has 0 N–H and O–H groups in total. The highest BCUT2D eigenvalue weighted by Gasteiger charge is 2.43. The summed E-state index contributed by atoms with van der Waals surface area (Å²) < 4.78 is 15.3. The van der Waals surface area contributed by atoms with Crippen molar-refractivity contribution in [1.82, 2.24) is 4.90 Å². The van der Waals surface area contributed by atoms with Crippen LogP contribution in [0.5, 0.6) is 0 Å². The lowest BCUT2D eigenvalue weighted by atomic mass is 10.2. The predicted octanol–water partition coefficient (Wildman–Crippen LogP) is 1.49. The smallest absolute Gasteiger partial charge is 0.411 e. The van der Waals surface area contributed by atoms with Gasteiger partial charge in [0.2, 0.25) is 0 Å². The van der Waals surface area contributed by atoms with Crippen molar-refractivity contribution in [2.24, 2.45) is 0 Å². The first-order valence-electron chi connectivity index (χ1n) is 6.97. The van der Waals surface area contributed by atoms with Crippen molar-refractivity contribution in [3.05, 3.63) is 0 Å². The van der Waals surface area contributed by atoms with Crippen LogP contribution in [-0.2, 0) is 23.8 Å². The number of amides is 1. The minimum Gasteiger partial charge on any atom is -0.464 e. The zero-order chi connectivity index (χ0) is 16.2. The molecular weight excluding hydrogens is 278 g/mol. The fraction of sp³-hybridized carbons (Fsp3) is 0.786. The van der Waals surface area contributed by atoms with Gasteiger partial charge in [-0.1, -0.05) is 0 Å². The first-order chi connectivity index (χ1) is 9.64. The van der Waals surface area contributed by atoms with Gasteiger partial charge in [0, 0.05) is 13.3 Å². The molecule has 1 heterocycles. The minimum absolute atomic E-state index is 0.123. The minimum atomic E-state index is -0.788. The van der Waals surface area contributed by atoms with Gasteiger partial charge in [-0.25, -0.2) is 9.59 Å². The lowest BCUT2D eigenvalue weighted by molar-refractivity contribution is -0.149. The lowest BCUT2D eigenvalue weighted by Gasteiger charge is -2.27. The molecule has 0 aromatic heterocycles. The summed E-state index contributed by atoms with van der Waals surface area (Å²) >= 11 is 0. The third kappa shape index (κ3) is 5.24. The summed E-state index contributed by atoms with van der Waals surface area (Å²) in [6, 6.07) is -0.788. The van der Waals surface area contributed by atoms with E-state index < -0.39 is 35.8 Å². The molecule has 0 aromatic rings.